The molecule has 0 aromatic rings. The average molecular weight is 198 g/mol. The van der Waals surface area contributed by atoms with Crippen LogP contribution in [-0.2, 0) is 9.53 Å². The van der Waals surface area contributed by atoms with E-state index in [-0.39, 0.29) is 11.2 Å². The van der Waals surface area contributed by atoms with Gasteiger partial charge >= 0.3 is 0 Å². The van der Waals surface area contributed by atoms with Gasteiger partial charge in [-0.2, -0.15) is 0 Å². The minimum atomic E-state index is -0.532. The summed E-state index contributed by atoms with van der Waals surface area (Å²) in [6.07, 6.45) is 2.55. The minimum Gasteiger partial charge on any atom is -0.371 e. The Morgan fingerprint density at radius 2 is 2.00 bits per heavy atom. The van der Waals surface area contributed by atoms with Crippen molar-refractivity contribution in [3.8, 4) is 0 Å². The van der Waals surface area contributed by atoms with Crippen molar-refractivity contribution in [2.45, 2.75) is 52.6 Å². The van der Waals surface area contributed by atoms with E-state index >= 15 is 0 Å². The highest BCUT2D eigenvalue weighted by Crippen LogP contribution is 2.41. The number of carbonyl (C=O) groups excluding carboxylic acids is 1. The van der Waals surface area contributed by atoms with Gasteiger partial charge in [-0.3, -0.25) is 4.79 Å². The Labute approximate surface area is 87.0 Å². The van der Waals surface area contributed by atoms with Crippen molar-refractivity contribution in [2.24, 2.45) is 11.3 Å². The molecule has 0 aliphatic heterocycles. The van der Waals surface area contributed by atoms with E-state index in [0.717, 1.165) is 12.8 Å². The molecule has 2 atom stereocenters. The van der Waals surface area contributed by atoms with E-state index in [1.807, 2.05) is 6.92 Å². The summed E-state index contributed by atoms with van der Waals surface area (Å²) in [4.78, 5) is 11.7. The molecule has 1 fully saturated rings. The zero-order valence-electron chi connectivity index (χ0n) is 10.0. The number of ether oxygens (including phenoxy) is 1. The highest BCUT2D eigenvalue weighted by atomic mass is 16.5. The Hall–Kier alpha value is -0.370. The van der Waals surface area contributed by atoms with Crippen molar-refractivity contribution in [3.63, 3.8) is 0 Å². The second kappa shape index (κ2) is 3.65. The number of carbonyl (C=O) groups is 1. The quantitative estimate of drug-likeness (QED) is 0.647. The second-order valence-electron chi connectivity index (χ2n) is 5.66. The molecule has 1 aliphatic carbocycles. The summed E-state index contributed by atoms with van der Waals surface area (Å²) < 4.78 is 5.37. The molecule has 0 aromatic heterocycles. The first-order chi connectivity index (χ1) is 6.29. The van der Waals surface area contributed by atoms with Gasteiger partial charge in [0.05, 0.1) is 0 Å². The van der Waals surface area contributed by atoms with Gasteiger partial charge in [-0.15, -0.1) is 0 Å². The first-order valence-corrected chi connectivity index (χ1v) is 5.38. The lowest BCUT2D eigenvalue weighted by atomic mass is 9.67. The fourth-order valence-corrected chi connectivity index (χ4v) is 2.19. The average Bonchev–Trinajstić information content (AvgIpc) is 2.08. The summed E-state index contributed by atoms with van der Waals surface area (Å²) in [7, 11) is 1.64. The first-order valence-electron chi connectivity index (χ1n) is 5.38. The molecule has 0 N–H and O–H groups in total. The number of rotatable bonds is 1. The third-order valence-corrected chi connectivity index (χ3v) is 3.62. The van der Waals surface area contributed by atoms with Crippen molar-refractivity contribution >= 4 is 5.78 Å². The van der Waals surface area contributed by atoms with Gasteiger partial charge in [0.2, 0.25) is 0 Å². The van der Waals surface area contributed by atoms with Crippen molar-refractivity contribution in [1.29, 1.82) is 0 Å². The highest BCUT2D eigenvalue weighted by molar-refractivity contribution is 5.87. The van der Waals surface area contributed by atoms with Crippen molar-refractivity contribution in [2.75, 3.05) is 7.11 Å². The fraction of sp³-hybridized carbons (Fsp3) is 0.917. The molecule has 14 heavy (non-hydrogen) atoms. The maximum atomic E-state index is 11.7. The van der Waals surface area contributed by atoms with E-state index in [9.17, 15) is 4.79 Å². The van der Waals surface area contributed by atoms with Crippen LogP contribution < -0.4 is 0 Å². The van der Waals surface area contributed by atoms with Crippen LogP contribution in [-0.4, -0.2) is 18.5 Å². The summed E-state index contributed by atoms with van der Waals surface area (Å²) >= 11 is 0. The molecular formula is C12H22O2. The number of Topliss-reactive ketones (excluding diaryl/α,β-unsaturated/α-hetero) is 1. The molecule has 1 aliphatic rings. The van der Waals surface area contributed by atoms with E-state index in [2.05, 4.69) is 20.8 Å². The van der Waals surface area contributed by atoms with Gasteiger partial charge in [-0.05, 0) is 31.1 Å². The normalized spacial score (nSPS) is 34.6. The Morgan fingerprint density at radius 1 is 1.43 bits per heavy atom. The van der Waals surface area contributed by atoms with Gasteiger partial charge in [0, 0.05) is 13.5 Å². The topological polar surface area (TPSA) is 26.3 Å². The first kappa shape index (κ1) is 11.7. The SMILES string of the molecule is CO[C@]1(C)C[C@H](C(C)(C)C)CCC1=O. The van der Waals surface area contributed by atoms with Gasteiger partial charge in [-0.1, -0.05) is 20.8 Å². The predicted octanol–water partition coefficient (Wildman–Crippen LogP) is 2.81. The third-order valence-electron chi connectivity index (χ3n) is 3.62. The molecule has 2 nitrogen and oxygen atoms in total. The van der Waals surface area contributed by atoms with Crippen LogP contribution in [0.4, 0.5) is 0 Å². The van der Waals surface area contributed by atoms with E-state index < -0.39 is 5.60 Å². The lowest BCUT2D eigenvalue weighted by molar-refractivity contribution is -0.147. The zero-order valence-corrected chi connectivity index (χ0v) is 10.0. The lowest BCUT2D eigenvalue weighted by Crippen LogP contribution is -2.45. The van der Waals surface area contributed by atoms with E-state index in [4.69, 9.17) is 4.74 Å². The van der Waals surface area contributed by atoms with Crippen LogP contribution >= 0.6 is 0 Å². The molecule has 82 valence electrons. The van der Waals surface area contributed by atoms with E-state index in [1.54, 1.807) is 7.11 Å². The Morgan fingerprint density at radius 3 is 2.43 bits per heavy atom. The minimum absolute atomic E-state index is 0.264. The smallest absolute Gasteiger partial charge is 0.164 e. The van der Waals surface area contributed by atoms with Gasteiger partial charge in [-0.25, -0.2) is 0 Å². The predicted molar refractivity (Wildman–Crippen MR) is 57.2 cm³/mol. The summed E-state index contributed by atoms with van der Waals surface area (Å²) in [5, 5.41) is 0. The molecule has 0 bridgehead atoms. The van der Waals surface area contributed by atoms with Crippen molar-refractivity contribution < 1.29 is 9.53 Å². The van der Waals surface area contributed by atoms with Gasteiger partial charge < -0.3 is 4.74 Å². The van der Waals surface area contributed by atoms with Crippen LogP contribution in [0.1, 0.15) is 47.0 Å². The van der Waals surface area contributed by atoms with Gasteiger partial charge in [0.25, 0.3) is 0 Å². The monoisotopic (exact) mass is 198 g/mol. The second-order valence-corrected chi connectivity index (χ2v) is 5.66. The summed E-state index contributed by atoms with van der Waals surface area (Å²) in [5.74, 6) is 0.852. The Kier molecular flexibility index (Phi) is 3.05. The number of hydrogen-bond donors (Lipinski definition) is 0. The van der Waals surface area contributed by atoms with Crippen LogP contribution in [0.3, 0.4) is 0 Å². The highest BCUT2D eigenvalue weighted by Gasteiger charge is 2.42. The molecule has 0 saturated heterocycles. The zero-order chi connectivity index (χ0) is 11.0. The molecule has 1 rings (SSSR count). The summed E-state index contributed by atoms with van der Waals surface area (Å²) in [6, 6.07) is 0. The van der Waals surface area contributed by atoms with Gasteiger partial charge in [0.1, 0.15) is 5.60 Å². The number of methoxy groups -OCH3 is 1. The number of ketones is 1. The van der Waals surface area contributed by atoms with Gasteiger partial charge in [0.15, 0.2) is 5.78 Å². The Balaban J connectivity index is 2.77. The van der Waals surface area contributed by atoms with Crippen molar-refractivity contribution in [1.82, 2.24) is 0 Å². The molecule has 0 unspecified atom stereocenters. The molecule has 1 saturated carbocycles. The van der Waals surface area contributed by atoms with Crippen LogP contribution in [0.2, 0.25) is 0 Å². The standard InChI is InChI=1S/C12H22O2/c1-11(2,3)9-6-7-10(13)12(4,8-9)14-5/h9H,6-8H2,1-5H3/t9-,12-/m1/s1. The van der Waals surface area contributed by atoms with E-state index in [1.165, 1.54) is 0 Å². The third kappa shape index (κ3) is 2.17. The molecule has 2 heteroatoms. The largest absolute Gasteiger partial charge is 0.371 e. The van der Waals surface area contributed by atoms with Crippen LogP contribution in [0.5, 0.6) is 0 Å². The van der Waals surface area contributed by atoms with Crippen LogP contribution in [0.15, 0.2) is 0 Å². The molecular weight excluding hydrogens is 176 g/mol. The lowest BCUT2D eigenvalue weighted by Gasteiger charge is -2.41. The van der Waals surface area contributed by atoms with Crippen LogP contribution in [0.25, 0.3) is 0 Å². The molecule has 0 spiro atoms. The Bertz CT molecular complexity index is 227. The number of hydrogen-bond acceptors (Lipinski definition) is 2. The fourth-order valence-electron chi connectivity index (χ4n) is 2.19. The molecule has 0 heterocycles. The maximum absolute atomic E-state index is 11.7. The van der Waals surface area contributed by atoms with E-state index in [0.29, 0.717) is 12.3 Å². The molecule has 0 radical (unpaired) electrons. The molecule has 0 aromatic carbocycles. The summed E-state index contributed by atoms with van der Waals surface area (Å²) in [5.41, 5.74) is -0.253. The van der Waals surface area contributed by atoms with Crippen molar-refractivity contribution in [3.05, 3.63) is 0 Å². The summed E-state index contributed by atoms with van der Waals surface area (Å²) in [6.45, 7) is 8.64. The molecule has 0 amide bonds. The van der Waals surface area contributed by atoms with Crippen LogP contribution in [0, 0.1) is 11.3 Å². The maximum Gasteiger partial charge on any atom is 0.164 e.